The topological polar surface area (TPSA) is 20.2 Å². The van der Waals surface area contributed by atoms with Crippen molar-refractivity contribution in [3.05, 3.63) is 0 Å². The van der Waals surface area contributed by atoms with E-state index in [0.29, 0.717) is 6.42 Å². The minimum atomic E-state index is -2.65. The average molecular weight is 192 g/mol. The molecule has 1 aliphatic carbocycles. The Morgan fingerprint density at radius 2 is 1.85 bits per heavy atom. The van der Waals surface area contributed by atoms with E-state index in [9.17, 15) is 13.9 Å². The van der Waals surface area contributed by atoms with E-state index in [0.717, 1.165) is 0 Å². The maximum absolute atomic E-state index is 12.9. The Bertz CT molecular complexity index is 184. The van der Waals surface area contributed by atoms with Gasteiger partial charge in [-0.2, -0.15) is 0 Å². The summed E-state index contributed by atoms with van der Waals surface area (Å²) in [7, 11) is 0. The first-order valence-electron chi connectivity index (χ1n) is 4.78. The maximum Gasteiger partial charge on any atom is 0.250 e. The third-order valence-corrected chi connectivity index (χ3v) is 2.91. The van der Waals surface area contributed by atoms with Crippen LogP contribution in [0.1, 0.15) is 40.0 Å². The summed E-state index contributed by atoms with van der Waals surface area (Å²) < 4.78 is 25.7. The summed E-state index contributed by atoms with van der Waals surface area (Å²) in [4.78, 5) is 0. The molecule has 1 aliphatic rings. The van der Waals surface area contributed by atoms with Gasteiger partial charge >= 0.3 is 0 Å². The van der Waals surface area contributed by atoms with Crippen LogP contribution in [0.15, 0.2) is 0 Å². The molecule has 1 saturated carbocycles. The normalized spacial score (nSPS) is 34.6. The Morgan fingerprint density at radius 1 is 1.31 bits per heavy atom. The predicted molar refractivity (Wildman–Crippen MR) is 47.7 cm³/mol. The fraction of sp³-hybridized carbons (Fsp3) is 1.00. The quantitative estimate of drug-likeness (QED) is 0.625. The van der Waals surface area contributed by atoms with E-state index in [1.165, 1.54) is 0 Å². The van der Waals surface area contributed by atoms with Crippen molar-refractivity contribution in [1.82, 2.24) is 0 Å². The summed E-state index contributed by atoms with van der Waals surface area (Å²) >= 11 is 0. The molecule has 0 spiro atoms. The van der Waals surface area contributed by atoms with E-state index in [1.807, 2.05) is 20.8 Å². The van der Waals surface area contributed by atoms with Crippen LogP contribution in [0.5, 0.6) is 0 Å². The number of rotatable bonds is 0. The molecule has 0 aliphatic heterocycles. The standard InChI is InChI=1S/C10H18F2O/c1-9(2,3)7-4-5-10(11,12)6-8(7)13/h7-8,13H,4-6H2,1-3H3. The van der Waals surface area contributed by atoms with Gasteiger partial charge in [0.05, 0.1) is 6.10 Å². The van der Waals surface area contributed by atoms with Gasteiger partial charge in [0.1, 0.15) is 0 Å². The van der Waals surface area contributed by atoms with E-state index in [1.54, 1.807) is 0 Å². The smallest absolute Gasteiger partial charge is 0.250 e. The van der Waals surface area contributed by atoms with Crippen LogP contribution in [0.25, 0.3) is 0 Å². The van der Waals surface area contributed by atoms with Gasteiger partial charge in [0, 0.05) is 12.8 Å². The highest BCUT2D eigenvalue weighted by Crippen LogP contribution is 2.43. The Kier molecular flexibility index (Phi) is 2.68. The van der Waals surface area contributed by atoms with Gasteiger partial charge in [-0.15, -0.1) is 0 Å². The lowest BCUT2D eigenvalue weighted by Crippen LogP contribution is -2.41. The summed E-state index contributed by atoms with van der Waals surface area (Å²) in [6.45, 7) is 5.97. The number of aliphatic hydroxyl groups is 1. The molecular weight excluding hydrogens is 174 g/mol. The van der Waals surface area contributed by atoms with Crippen molar-refractivity contribution in [2.24, 2.45) is 11.3 Å². The zero-order valence-electron chi connectivity index (χ0n) is 8.48. The Morgan fingerprint density at radius 3 is 2.23 bits per heavy atom. The minimum Gasteiger partial charge on any atom is -0.393 e. The van der Waals surface area contributed by atoms with Gasteiger partial charge in [0.2, 0.25) is 0 Å². The molecule has 3 heteroatoms. The first-order valence-corrected chi connectivity index (χ1v) is 4.78. The molecule has 1 rings (SSSR count). The molecule has 0 saturated heterocycles. The van der Waals surface area contributed by atoms with Crippen molar-refractivity contribution < 1.29 is 13.9 Å². The Hall–Kier alpha value is -0.180. The van der Waals surface area contributed by atoms with Crippen LogP contribution < -0.4 is 0 Å². The summed E-state index contributed by atoms with van der Waals surface area (Å²) in [6, 6.07) is 0. The van der Waals surface area contributed by atoms with Crippen molar-refractivity contribution in [3.63, 3.8) is 0 Å². The highest BCUT2D eigenvalue weighted by molar-refractivity contribution is 4.89. The van der Waals surface area contributed by atoms with Gasteiger partial charge in [0.25, 0.3) is 5.92 Å². The molecule has 78 valence electrons. The highest BCUT2D eigenvalue weighted by Gasteiger charge is 2.44. The van der Waals surface area contributed by atoms with Gasteiger partial charge in [-0.05, 0) is 17.8 Å². The second-order valence-electron chi connectivity index (χ2n) is 5.14. The number of aliphatic hydroxyl groups excluding tert-OH is 1. The molecular formula is C10H18F2O. The Labute approximate surface area is 78.1 Å². The number of hydrogen-bond donors (Lipinski definition) is 1. The second kappa shape index (κ2) is 3.19. The van der Waals surface area contributed by atoms with Gasteiger partial charge in [-0.3, -0.25) is 0 Å². The predicted octanol–water partition coefficient (Wildman–Crippen LogP) is 2.83. The monoisotopic (exact) mass is 192 g/mol. The fourth-order valence-electron chi connectivity index (χ4n) is 2.12. The third-order valence-electron chi connectivity index (χ3n) is 2.91. The number of alkyl halides is 2. The molecule has 0 aromatic rings. The minimum absolute atomic E-state index is 0.00660. The lowest BCUT2D eigenvalue weighted by atomic mass is 9.70. The van der Waals surface area contributed by atoms with Crippen molar-refractivity contribution in [1.29, 1.82) is 0 Å². The van der Waals surface area contributed by atoms with Crippen LogP contribution in [0, 0.1) is 11.3 Å². The molecule has 1 N–H and O–H groups in total. The first kappa shape index (κ1) is 10.9. The molecule has 0 amide bonds. The molecule has 0 aromatic heterocycles. The maximum atomic E-state index is 12.9. The zero-order valence-corrected chi connectivity index (χ0v) is 8.48. The van der Waals surface area contributed by atoms with E-state index in [-0.39, 0.29) is 24.2 Å². The summed E-state index contributed by atoms with van der Waals surface area (Å²) in [6.07, 6.45) is -0.859. The summed E-state index contributed by atoms with van der Waals surface area (Å²) in [5, 5.41) is 9.56. The van der Waals surface area contributed by atoms with Crippen molar-refractivity contribution in [2.45, 2.75) is 52.1 Å². The second-order valence-corrected chi connectivity index (χ2v) is 5.14. The van der Waals surface area contributed by atoms with Gasteiger partial charge in [0.15, 0.2) is 0 Å². The molecule has 2 unspecified atom stereocenters. The van der Waals surface area contributed by atoms with Crippen LogP contribution in [0.2, 0.25) is 0 Å². The van der Waals surface area contributed by atoms with E-state index < -0.39 is 12.0 Å². The van der Waals surface area contributed by atoms with Gasteiger partial charge < -0.3 is 5.11 Å². The largest absolute Gasteiger partial charge is 0.393 e. The average Bonchev–Trinajstić information content (AvgIpc) is 1.80. The van der Waals surface area contributed by atoms with Crippen LogP contribution in [-0.4, -0.2) is 17.1 Å². The molecule has 0 aromatic carbocycles. The number of hydrogen-bond acceptors (Lipinski definition) is 1. The van der Waals surface area contributed by atoms with Crippen molar-refractivity contribution in [2.75, 3.05) is 0 Å². The molecule has 0 bridgehead atoms. The zero-order chi connectivity index (χ0) is 10.3. The Balaban J connectivity index is 2.64. The van der Waals surface area contributed by atoms with Crippen LogP contribution >= 0.6 is 0 Å². The lowest BCUT2D eigenvalue weighted by Gasteiger charge is -2.40. The van der Waals surface area contributed by atoms with Crippen LogP contribution in [0.4, 0.5) is 8.78 Å². The number of halogens is 2. The van der Waals surface area contributed by atoms with Gasteiger partial charge in [-0.1, -0.05) is 20.8 Å². The summed E-state index contributed by atoms with van der Waals surface area (Å²) in [5.74, 6) is -2.65. The molecule has 0 radical (unpaired) electrons. The third kappa shape index (κ3) is 2.63. The van der Waals surface area contributed by atoms with Crippen LogP contribution in [-0.2, 0) is 0 Å². The molecule has 13 heavy (non-hydrogen) atoms. The van der Waals surface area contributed by atoms with Crippen LogP contribution in [0.3, 0.4) is 0 Å². The van der Waals surface area contributed by atoms with E-state index in [2.05, 4.69) is 0 Å². The lowest BCUT2D eigenvalue weighted by molar-refractivity contribution is -0.116. The molecule has 0 heterocycles. The van der Waals surface area contributed by atoms with Gasteiger partial charge in [-0.25, -0.2) is 8.78 Å². The molecule has 1 fully saturated rings. The van der Waals surface area contributed by atoms with Crippen molar-refractivity contribution in [3.8, 4) is 0 Å². The molecule has 1 nitrogen and oxygen atoms in total. The summed E-state index contributed by atoms with van der Waals surface area (Å²) in [5.41, 5.74) is -0.0735. The first-order chi connectivity index (χ1) is 5.72. The molecule has 2 atom stereocenters. The fourth-order valence-corrected chi connectivity index (χ4v) is 2.12. The van der Waals surface area contributed by atoms with E-state index >= 15 is 0 Å². The van der Waals surface area contributed by atoms with Crippen molar-refractivity contribution >= 4 is 0 Å². The van der Waals surface area contributed by atoms with E-state index in [4.69, 9.17) is 0 Å². The highest BCUT2D eigenvalue weighted by atomic mass is 19.3. The SMILES string of the molecule is CC(C)(C)C1CCC(F)(F)CC1O.